The Hall–Kier alpha value is -2.02. The van der Waals surface area contributed by atoms with Crippen LogP contribution in [0.5, 0.6) is 5.75 Å². The Kier molecular flexibility index (Phi) is 3.29. The molecule has 1 atom stereocenters. The summed E-state index contributed by atoms with van der Waals surface area (Å²) in [6, 6.07) is 8.67. The summed E-state index contributed by atoms with van der Waals surface area (Å²) < 4.78 is 5.04. The zero-order chi connectivity index (χ0) is 12.3. The van der Waals surface area contributed by atoms with Crippen LogP contribution >= 0.6 is 0 Å². The Labute approximate surface area is 100 Å². The smallest absolute Gasteiger partial charge is 0.224 e. The molecule has 4 heteroatoms. The number of hydrogen-bond donors (Lipinski definition) is 1. The average molecular weight is 230 g/mol. The monoisotopic (exact) mass is 230 g/mol. The summed E-state index contributed by atoms with van der Waals surface area (Å²) in [5, 5.41) is 11.8. The molecule has 1 aromatic carbocycles. The minimum Gasteiger partial charge on any atom is -0.497 e. The maximum absolute atomic E-state index is 11.6. The van der Waals surface area contributed by atoms with Crippen molar-refractivity contribution in [1.82, 2.24) is 5.32 Å². The summed E-state index contributed by atoms with van der Waals surface area (Å²) >= 11 is 0. The van der Waals surface area contributed by atoms with Crippen LogP contribution in [0.4, 0.5) is 0 Å². The van der Waals surface area contributed by atoms with Crippen molar-refractivity contribution < 1.29 is 9.53 Å². The second kappa shape index (κ2) is 4.88. The van der Waals surface area contributed by atoms with Crippen molar-refractivity contribution in [3.63, 3.8) is 0 Å². The first-order valence-electron chi connectivity index (χ1n) is 5.58. The van der Waals surface area contributed by atoms with Gasteiger partial charge in [0.15, 0.2) is 0 Å². The fourth-order valence-corrected chi connectivity index (χ4v) is 1.59. The average Bonchev–Trinajstić information content (AvgIpc) is 3.20. The van der Waals surface area contributed by atoms with Gasteiger partial charge in [0.05, 0.1) is 13.2 Å². The number of nitriles is 1. The highest BCUT2D eigenvalue weighted by molar-refractivity contribution is 5.81. The molecular weight excluding hydrogens is 216 g/mol. The molecule has 0 saturated heterocycles. The van der Waals surface area contributed by atoms with Crippen LogP contribution < -0.4 is 10.1 Å². The van der Waals surface area contributed by atoms with E-state index in [9.17, 15) is 4.79 Å². The molecule has 1 unspecified atom stereocenters. The van der Waals surface area contributed by atoms with Gasteiger partial charge in [-0.05, 0) is 30.5 Å². The van der Waals surface area contributed by atoms with E-state index in [0.717, 1.165) is 24.2 Å². The van der Waals surface area contributed by atoms with Gasteiger partial charge in [-0.15, -0.1) is 0 Å². The van der Waals surface area contributed by atoms with E-state index in [1.807, 2.05) is 0 Å². The van der Waals surface area contributed by atoms with Crippen LogP contribution in [0.15, 0.2) is 24.3 Å². The topological polar surface area (TPSA) is 62.1 Å². The maximum Gasteiger partial charge on any atom is 0.224 e. The Morgan fingerprint density at radius 1 is 1.47 bits per heavy atom. The van der Waals surface area contributed by atoms with Crippen molar-refractivity contribution >= 4 is 5.91 Å². The molecule has 0 radical (unpaired) electrons. The molecule has 2 rings (SSSR count). The Morgan fingerprint density at radius 3 is 2.59 bits per heavy atom. The summed E-state index contributed by atoms with van der Waals surface area (Å²) in [5.41, 5.74) is 0.780. The SMILES string of the molecule is COc1ccc(C(C#N)NC(=O)C2CC2)cc1. The zero-order valence-corrected chi connectivity index (χ0v) is 9.64. The minimum atomic E-state index is -0.575. The third-order valence-corrected chi connectivity index (χ3v) is 2.81. The third kappa shape index (κ3) is 2.76. The van der Waals surface area contributed by atoms with Crippen molar-refractivity contribution in [3.8, 4) is 11.8 Å². The summed E-state index contributed by atoms with van der Waals surface area (Å²) in [6.45, 7) is 0. The van der Waals surface area contributed by atoms with E-state index in [-0.39, 0.29) is 11.8 Å². The molecule has 0 aliphatic heterocycles. The van der Waals surface area contributed by atoms with Crippen LogP contribution in [-0.2, 0) is 4.79 Å². The van der Waals surface area contributed by atoms with Crippen LogP contribution in [0.25, 0.3) is 0 Å². The van der Waals surface area contributed by atoms with Crippen LogP contribution in [0, 0.1) is 17.2 Å². The molecule has 1 aliphatic rings. The van der Waals surface area contributed by atoms with Gasteiger partial charge < -0.3 is 10.1 Å². The number of methoxy groups -OCH3 is 1. The Bertz CT molecular complexity index is 443. The molecule has 0 spiro atoms. The number of carbonyl (C=O) groups excluding carboxylic acids is 1. The number of rotatable bonds is 4. The van der Waals surface area contributed by atoms with Crippen LogP contribution in [0.2, 0.25) is 0 Å². The lowest BCUT2D eigenvalue weighted by Crippen LogP contribution is -2.28. The summed E-state index contributed by atoms with van der Waals surface area (Å²) in [6.07, 6.45) is 1.87. The summed E-state index contributed by atoms with van der Waals surface area (Å²) in [7, 11) is 1.59. The molecule has 0 heterocycles. The second-order valence-corrected chi connectivity index (χ2v) is 4.12. The number of nitrogens with one attached hydrogen (secondary N) is 1. The van der Waals surface area contributed by atoms with Crippen molar-refractivity contribution in [2.24, 2.45) is 5.92 Å². The lowest BCUT2D eigenvalue weighted by atomic mass is 10.1. The van der Waals surface area contributed by atoms with Gasteiger partial charge >= 0.3 is 0 Å². The molecule has 1 saturated carbocycles. The van der Waals surface area contributed by atoms with Crippen LogP contribution in [0.1, 0.15) is 24.4 Å². The predicted octanol–water partition coefficient (Wildman–Crippen LogP) is 1.79. The van der Waals surface area contributed by atoms with Gasteiger partial charge in [0.1, 0.15) is 11.8 Å². The van der Waals surface area contributed by atoms with E-state index in [2.05, 4.69) is 11.4 Å². The molecule has 1 aromatic rings. The first kappa shape index (κ1) is 11.5. The van der Waals surface area contributed by atoms with E-state index in [1.165, 1.54) is 0 Å². The molecule has 1 fully saturated rings. The predicted molar refractivity (Wildman–Crippen MR) is 62.2 cm³/mol. The van der Waals surface area contributed by atoms with E-state index in [0.29, 0.717) is 0 Å². The lowest BCUT2D eigenvalue weighted by molar-refractivity contribution is -0.122. The summed E-state index contributed by atoms with van der Waals surface area (Å²) in [5.74, 6) is 0.829. The number of benzene rings is 1. The van der Waals surface area contributed by atoms with Gasteiger partial charge in [0, 0.05) is 5.92 Å². The molecular formula is C13H14N2O2. The van der Waals surface area contributed by atoms with Gasteiger partial charge in [-0.1, -0.05) is 12.1 Å². The fourth-order valence-electron chi connectivity index (χ4n) is 1.59. The van der Waals surface area contributed by atoms with Crippen LogP contribution in [0.3, 0.4) is 0 Å². The van der Waals surface area contributed by atoms with Gasteiger partial charge in [-0.3, -0.25) is 4.79 Å². The fraction of sp³-hybridized carbons (Fsp3) is 0.385. The number of ether oxygens (including phenoxy) is 1. The van der Waals surface area contributed by atoms with Crippen LogP contribution in [-0.4, -0.2) is 13.0 Å². The highest BCUT2D eigenvalue weighted by Crippen LogP contribution is 2.29. The zero-order valence-electron chi connectivity index (χ0n) is 9.64. The standard InChI is InChI=1S/C13H14N2O2/c1-17-11-6-4-9(5-7-11)12(8-14)15-13(16)10-2-3-10/h4-7,10,12H,2-3H2,1H3,(H,15,16). The molecule has 1 amide bonds. The number of carbonyl (C=O) groups is 1. The van der Waals surface area contributed by atoms with Crippen molar-refractivity contribution in [2.75, 3.05) is 7.11 Å². The molecule has 4 nitrogen and oxygen atoms in total. The lowest BCUT2D eigenvalue weighted by Gasteiger charge is -2.12. The highest BCUT2D eigenvalue weighted by atomic mass is 16.5. The Balaban J connectivity index is 2.06. The van der Waals surface area contributed by atoms with Gasteiger partial charge in [0.25, 0.3) is 0 Å². The molecule has 1 N–H and O–H groups in total. The number of nitrogens with zero attached hydrogens (tertiary/aromatic N) is 1. The van der Waals surface area contributed by atoms with E-state index >= 15 is 0 Å². The van der Waals surface area contributed by atoms with Crippen molar-refractivity contribution in [2.45, 2.75) is 18.9 Å². The quantitative estimate of drug-likeness (QED) is 0.857. The molecule has 0 aromatic heterocycles. The maximum atomic E-state index is 11.6. The third-order valence-electron chi connectivity index (χ3n) is 2.81. The summed E-state index contributed by atoms with van der Waals surface area (Å²) in [4.78, 5) is 11.6. The largest absolute Gasteiger partial charge is 0.497 e. The van der Waals surface area contributed by atoms with E-state index in [4.69, 9.17) is 10.00 Å². The van der Waals surface area contributed by atoms with Gasteiger partial charge in [0.2, 0.25) is 5.91 Å². The van der Waals surface area contributed by atoms with Crippen molar-refractivity contribution in [3.05, 3.63) is 29.8 Å². The van der Waals surface area contributed by atoms with Gasteiger partial charge in [-0.2, -0.15) is 5.26 Å². The minimum absolute atomic E-state index is 0.0210. The van der Waals surface area contributed by atoms with Gasteiger partial charge in [-0.25, -0.2) is 0 Å². The Morgan fingerprint density at radius 2 is 2.12 bits per heavy atom. The highest BCUT2D eigenvalue weighted by Gasteiger charge is 2.31. The molecule has 1 aliphatic carbocycles. The molecule has 88 valence electrons. The second-order valence-electron chi connectivity index (χ2n) is 4.12. The first-order valence-corrected chi connectivity index (χ1v) is 5.58. The normalized spacial score (nSPS) is 15.8. The van der Waals surface area contributed by atoms with Crippen molar-refractivity contribution in [1.29, 1.82) is 5.26 Å². The first-order chi connectivity index (χ1) is 8.24. The molecule has 17 heavy (non-hydrogen) atoms. The number of hydrogen-bond acceptors (Lipinski definition) is 3. The molecule has 0 bridgehead atoms. The van der Waals surface area contributed by atoms with E-state index in [1.54, 1.807) is 31.4 Å². The van der Waals surface area contributed by atoms with E-state index < -0.39 is 6.04 Å². The number of amides is 1.